The van der Waals surface area contributed by atoms with Gasteiger partial charge in [-0.15, -0.1) is 0 Å². The number of rotatable bonds is 2. The Morgan fingerprint density at radius 1 is 1.27 bits per heavy atom. The molecule has 2 aromatic rings. The molecule has 1 aliphatic heterocycles. The van der Waals surface area contributed by atoms with Crippen LogP contribution in [-0.2, 0) is 0 Å². The number of aromatic nitrogens is 1. The smallest absolute Gasteiger partial charge is 0.289 e. The molecule has 0 N–H and O–H groups in total. The third-order valence-corrected chi connectivity index (χ3v) is 3.39. The van der Waals surface area contributed by atoms with Gasteiger partial charge in [0, 0.05) is 5.69 Å². The van der Waals surface area contributed by atoms with Gasteiger partial charge in [0.1, 0.15) is 11.6 Å². The van der Waals surface area contributed by atoms with Crippen LogP contribution in [0.2, 0.25) is 0 Å². The van der Waals surface area contributed by atoms with Crippen molar-refractivity contribution in [1.82, 2.24) is 4.68 Å². The predicted octanol–water partition coefficient (Wildman–Crippen LogP) is 1.95. The molecule has 0 unspecified atom stereocenters. The second-order valence-corrected chi connectivity index (χ2v) is 4.93. The number of nitrogens with zero attached hydrogens (tertiary/aromatic N) is 3. The summed E-state index contributed by atoms with van der Waals surface area (Å²) in [6.45, 7) is 3.71. The predicted molar refractivity (Wildman–Crippen MR) is 80.4 cm³/mol. The van der Waals surface area contributed by atoms with Crippen LogP contribution >= 0.6 is 0 Å². The highest BCUT2D eigenvalue weighted by atomic mass is 16.7. The van der Waals surface area contributed by atoms with Gasteiger partial charge < -0.3 is 9.47 Å². The lowest BCUT2D eigenvalue weighted by molar-refractivity contribution is 0.174. The Labute approximate surface area is 126 Å². The summed E-state index contributed by atoms with van der Waals surface area (Å²) >= 11 is 0. The summed E-state index contributed by atoms with van der Waals surface area (Å²) in [4.78, 5) is 12.2. The lowest BCUT2D eigenvalue weighted by Gasteiger charge is -2.06. The molecule has 1 aromatic heterocycles. The second-order valence-electron chi connectivity index (χ2n) is 4.93. The Hall–Kier alpha value is -3.07. The van der Waals surface area contributed by atoms with Crippen LogP contribution in [0.3, 0.4) is 0 Å². The third kappa shape index (κ3) is 2.33. The van der Waals surface area contributed by atoms with Crippen LogP contribution in [0, 0.1) is 25.2 Å². The molecule has 1 aliphatic rings. The van der Waals surface area contributed by atoms with E-state index in [1.165, 1.54) is 4.68 Å². The van der Waals surface area contributed by atoms with Crippen LogP contribution in [-0.4, -0.2) is 17.7 Å². The highest BCUT2D eigenvalue weighted by Crippen LogP contribution is 2.31. The van der Waals surface area contributed by atoms with E-state index in [4.69, 9.17) is 14.7 Å². The first kappa shape index (κ1) is 13.9. The highest BCUT2D eigenvalue weighted by molar-refractivity contribution is 5.81. The maximum Gasteiger partial charge on any atom is 0.289 e. The van der Waals surface area contributed by atoms with Gasteiger partial charge in [-0.2, -0.15) is 10.4 Å². The first-order valence-electron chi connectivity index (χ1n) is 6.67. The zero-order chi connectivity index (χ0) is 15.7. The van der Waals surface area contributed by atoms with Gasteiger partial charge >= 0.3 is 0 Å². The van der Waals surface area contributed by atoms with Crippen molar-refractivity contribution in [3.63, 3.8) is 0 Å². The molecule has 2 heterocycles. The SMILES string of the molecule is Cc1cc(C)n(/N=C/c2ccc3c(c2)OCO3)c(=O)c1C#N. The van der Waals surface area contributed by atoms with Gasteiger partial charge in [0.05, 0.1) is 6.21 Å². The van der Waals surface area contributed by atoms with E-state index in [0.29, 0.717) is 22.8 Å². The zero-order valence-electron chi connectivity index (χ0n) is 12.2. The highest BCUT2D eigenvalue weighted by Gasteiger charge is 2.13. The van der Waals surface area contributed by atoms with E-state index < -0.39 is 5.56 Å². The van der Waals surface area contributed by atoms with Crippen LogP contribution in [0.5, 0.6) is 11.5 Å². The van der Waals surface area contributed by atoms with Crippen molar-refractivity contribution in [3.8, 4) is 17.6 Å². The number of hydrogen-bond acceptors (Lipinski definition) is 5. The second kappa shape index (κ2) is 5.37. The van der Waals surface area contributed by atoms with E-state index in [0.717, 1.165) is 5.56 Å². The zero-order valence-corrected chi connectivity index (χ0v) is 12.2. The summed E-state index contributed by atoms with van der Waals surface area (Å²) < 4.78 is 11.8. The topological polar surface area (TPSA) is 76.6 Å². The molecule has 0 amide bonds. The minimum absolute atomic E-state index is 0.105. The fraction of sp³-hybridized carbons (Fsp3) is 0.188. The molecule has 0 saturated heterocycles. The number of fused-ring (bicyclic) bond motifs is 1. The normalized spacial score (nSPS) is 12.6. The van der Waals surface area contributed by atoms with Crippen molar-refractivity contribution in [1.29, 1.82) is 5.26 Å². The van der Waals surface area contributed by atoms with E-state index in [2.05, 4.69) is 5.10 Å². The van der Waals surface area contributed by atoms with E-state index in [1.54, 1.807) is 38.3 Å². The van der Waals surface area contributed by atoms with Crippen LogP contribution in [0.15, 0.2) is 34.2 Å². The van der Waals surface area contributed by atoms with E-state index >= 15 is 0 Å². The van der Waals surface area contributed by atoms with Crippen LogP contribution < -0.4 is 15.0 Å². The van der Waals surface area contributed by atoms with Crippen molar-refractivity contribution in [2.75, 3.05) is 6.79 Å². The molecule has 22 heavy (non-hydrogen) atoms. The molecule has 6 nitrogen and oxygen atoms in total. The standard InChI is InChI=1S/C16H13N3O3/c1-10-5-11(2)19(16(20)13(10)7-17)18-8-12-3-4-14-15(6-12)22-9-21-14/h3-6,8H,9H2,1-2H3/b18-8+. The molecule has 0 spiro atoms. The lowest BCUT2D eigenvalue weighted by Crippen LogP contribution is -2.22. The van der Waals surface area contributed by atoms with Gasteiger partial charge in [0.15, 0.2) is 11.5 Å². The maximum atomic E-state index is 12.2. The molecule has 0 fully saturated rings. The Morgan fingerprint density at radius 2 is 2.05 bits per heavy atom. The fourth-order valence-corrected chi connectivity index (χ4v) is 2.28. The third-order valence-electron chi connectivity index (χ3n) is 3.39. The van der Waals surface area contributed by atoms with Crippen LogP contribution in [0.25, 0.3) is 0 Å². The van der Waals surface area contributed by atoms with E-state index in [1.807, 2.05) is 12.1 Å². The van der Waals surface area contributed by atoms with Gasteiger partial charge in [-0.1, -0.05) is 0 Å². The van der Waals surface area contributed by atoms with Crippen molar-refractivity contribution in [2.45, 2.75) is 13.8 Å². The quantitative estimate of drug-likeness (QED) is 0.793. The first-order chi connectivity index (χ1) is 10.6. The summed E-state index contributed by atoms with van der Waals surface area (Å²) in [5, 5.41) is 13.2. The summed E-state index contributed by atoms with van der Waals surface area (Å²) in [6, 6.07) is 9.07. The molecule has 0 atom stereocenters. The summed E-state index contributed by atoms with van der Waals surface area (Å²) in [6.07, 6.45) is 1.55. The fourth-order valence-electron chi connectivity index (χ4n) is 2.28. The molecule has 110 valence electrons. The molecule has 6 heteroatoms. The van der Waals surface area contributed by atoms with Crippen LogP contribution in [0.1, 0.15) is 22.4 Å². The van der Waals surface area contributed by atoms with Crippen LogP contribution in [0.4, 0.5) is 0 Å². The van der Waals surface area contributed by atoms with Crippen molar-refractivity contribution in [2.24, 2.45) is 5.10 Å². The summed E-state index contributed by atoms with van der Waals surface area (Å²) in [5.41, 5.74) is 1.78. The number of benzene rings is 1. The summed E-state index contributed by atoms with van der Waals surface area (Å²) in [5.74, 6) is 1.34. The Kier molecular flexibility index (Phi) is 3.39. The van der Waals surface area contributed by atoms with Gasteiger partial charge in [0.25, 0.3) is 5.56 Å². The number of hydrogen-bond donors (Lipinski definition) is 0. The molecule has 3 rings (SSSR count). The number of nitriles is 1. The minimum Gasteiger partial charge on any atom is -0.454 e. The van der Waals surface area contributed by atoms with Gasteiger partial charge in [-0.25, -0.2) is 4.68 Å². The Balaban J connectivity index is 2.00. The average Bonchev–Trinajstić information content (AvgIpc) is 2.94. The van der Waals surface area contributed by atoms with Gasteiger partial charge in [0.2, 0.25) is 6.79 Å². The molecule has 0 saturated carbocycles. The van der Waals surface area contributed by atoms with Gasteiger partial charge in [-0.05, 0) is 49.2 Å². The Morgan fingerprint density at radius 3 is 2.82 bits per heavy atom. The van der Waals surface area contributed by atoms with Crippen molar-refractivity contribution >= 4 is 6.21 Å². The average molecular weight is 295 g/mol. The molecule has 0 aliphatic carbocycles. The Bertz CT molecular complexity index is 875. The number of pyridine rings is 1. The molecular weight excluding hydrogens is 282 g/mol. The number of ether oxygens (including phenoxy) is 2. The largest absolute Gasteiger partial charge is 0.454 e. The van der Waals surface area contributed by atoms with Crippen molar-refractivity contribution < 1.29 is 9.47 Å². The van der Waals surface area contributed by atoms with E-state index in [-0.39, 0.29) is 12.4 Å². The molecule has 1 aromatic carbocycles. The van der Waals surface area contributed by atoms with Gasteiger partial charge in [-0.3, -0.25) is 4.79 Å². The summed E-state index contributed by atoms with van der Waals surface area (Å²) in [7, 11) is 0. The minimum atomic E-state index is -0.419. The van der Waals surface area contributed by atoms with Crippen molar-refractivity contribution in [3.05, 3.63) is 57.0 Å². The molecule has 0 bridgehead atoms. The first-order valence-corrected chi connectivity index (χ1v) is 6.67. The monoisotopic (exact) mass is 295 g/mol. The molecule has 0 radical (unpaired) electrons. The lowest BCUT2D eigenvalue weighted by atomic mass is 10.1. The molecular formula is C16H13N3O3. The van der Waals surface area contributed by atoms with E-state index in [9.17, 15) is 4.79 Å². The maximum absolute atomic E-state index is 12.2. The number of aryl methyl sites for hydroxylation is 2.